The molecule has 0 amide bonds. The van der Waals surface area contributed by atoms with E-state index in [9.17, 15) is 9.90 Å². The summed E-state index contributed by atoms with van der Waals surface area (Å²) in [5.74, 6) is 0.0341. The first-order chi connectivity index (χ1) is 12.2. The fraction of sp³-hybridized carbons (Fsp3) is 0.381. The van der Waals surface area contributed by atoms with E-state index in [1.165, 1.54) is 12.8 Å². The van der Waals surface area contributed by atoms with E-state index in [1.807, 2.05) is 36.4 Å². The van der Waals surface area contributed by atoms with E-state index < -0.39 is 11.6 Å². The normalized spacial score (nSPS) is 25.6. The molecule has 4 nitrogen and oxygen atoms in total. The quantitative estimate of drug-likeness (QED) is 0.872. The van der Waals surface area contributed by atoms with Crippen molar-refractivity contribution in [1.29, 1.82) is 0 Å². The monoisotopic (exact) mass is 337 g/mol. The Labute approximate surface area is 148 Å². The number of ether oxygens (including phenoxy) is 1. The van der Waals surface area contributed by atoms with Crippen molar-refractivity contribution < 1.29 is 14.6 Å². The summed E-state index contributed by atoms with van der Waals surface area (Å²) in [5.41, 5.74) is -0.732. The van der Waals surface area contributed by atoms with Crippen LogP contribution in [0.3, 0.4) is 0 Å². The highest BCUT2D eigenvalue weighted by atomic mass is 16.6. The molecule has 5 rings (SSSR count). The minimum absolute atomic E-state index is 0.223. The van der Waals surface area contributed by atoms with Crippen LogP contribution in [-0.4, -0.2) is 35.3 Å². The highest BCUT2D eigenvalue weighted by Gasteiger charge is 2.45. The van der Waals surface area contributed by atoms with Crippen molar-refractivity contribution in [2.45, 2.75) is 31.1 Å². The standard InChI is InChI=1S/C21H23NO3/c23-20(25-19-15-16-11-13-22(19)14-12-16)21(24,17-7-3-1-4-8-17)18-9-5-2-6-10-18/h1-10,16,19,24H,11-15H2/t19-/m0/s1. The second kappa shape index (κ2) is 6.62. The molecule has 3 saturated heterocycles. The molecule has 2 aromatic carbocycles. The number of hydrogen-bond acceptors (Lipinski definition) is 4. The second-order valence-corrected chi connectivity index (χ2v) is 7.02. The first-order valence-corrected chi connectivity index (χ1v) is 8.96. The lowest BCUT2D eigenvalue weighted by atomic mass is 9.85. The molecule has 3 aliphatic rings. The van der Waals surface area contributed by atoms with Crippen LogP contribution in [0.2, 0.25) is 0 Å². The molecule has 25 heavy (non-hydrogen) atoms. The van der Waals surface area contributed by atoms with Crippen LogP contribution in [0.25, 0.3) is 0 Å². The third kappa shape index (κ3) is 2.96. The molecule has 2 bridgehead atoms. The number of carbonyl (C=O) groups excluding carboxylic acids is 1. The third-order valence-electron chi connectivity index (χ3n) is 5.51. The summed E-state index contributed by atoms with van der Waals surface area (Å²) >= 11 is 0. The smallest absolute Gasteiger partial charge is 0.349 e. The van der Waals surface area contributed by atoms with Crippen molar-refractivity contribution in [1.82, 2.24) is 4.90 Å². The van der Waals surface area contributed by atoms with Gasteiger partial charge in [0, 0.05) is 19.5 Å². The lowest BCUT2D eigenvalue weighted by Gasteiger charge is -2.45. The zero-order valence-electron chi connectivity index (χ0n) is 14.2. The van der Waals surface area contributed by atoms with Gasteiger partial charge in [-0.1, -0.05) is 60.7 Å². The molecule has 0 spiro atoms. The zero-order valence-corrected chi connectivity index (χ0v) is 14.2. The maximum Gasteiger partial charge on any atom is 0.349 e. The van der Waals surface area contributed by atoms with E-state index in [1.54, 1.807) is 24.3 Å². The number of nitrogens with zero attached hydrogens (tertiary/aromatic N) is 1. The van der Waals surface area contributed by atoms with Crippen LogP contribution < -0.4 is 0 Å². The highest BCUT2D eigenvalue weighted by Crippen LogP contribution is 2.36. The Morgan fingerprint density at radius 3 is 1.92 bits per heavy atom. The first-order valence-electron chi connectivity index (χ1n) is 8.96. The summed E-state index contributed by atoms with van der Waals surface area (Å²) in [4.78, 5) is 15.3. The molecule has 0 unspecified atom stereocenters. The third-order valence-corrected chi connectivity index (χ3v) is 5.51. The molecule has 0 radical (unpaired) electrons. The van der Waals surface area contributed by atoms with Gasteiger partial charge >= 0.3 is 5.97 Å². The first kappa shape index (κ1) is 16.3. The van der Waals surface area contributed by atoms with Gasteiger partial charge in [-0.05, 0) is 29.9 Å². The van der Waals surface area contributed by atoms with Gasteiger partial charge in [-0.3, -0.25) is 4.90 Å². The maximum atomic E-state index is 13.1. The van der Waals surface area contributed by atoms with Gasteiger partial charge in [-0.15, -0.1) is 0 Å². The number of carbonyl (C=O) groups is 1. The van der Waals surface area contributed by atoms with Gasteiger partial charge in [0.1, 0.15) is 0 Å². The van der Waals surface area contributed by atoms with Crippen molar-refractivity contribution in [2.24, 2.45) is 5.92 Å². The van der Waals surface area contributed by atoms with Gasteiger partial charge in [0.25, 0.3) is 0 Å². The van der Waals surface area contributed by atoms with Crippen molar-refractivity contribution in [3.63, 3.8) is 0 Å². The number of esters is 1. The Hall–Kier alpha value is -2.17. The Bertz CT molecular complexity index is 684. The number of benzene rings is 2. The highest BCUT2D eigenvalue weighted by molar-refractivity contribution is 5.85. The van der Waals surface area contributed by atoms with E-state index in [0.717, 1.165) is 19.5 Å². The van der Waals surface area contributed by atoms with E-state index >= 15 is 0 Å². The molecule has 0 aromatic heterocycles. The zero-order chi connectivity index (χ0) is 17.3. The predicted molar refractivity (Wildman–Crippen MR) is 94.7 cm³/mol. The summed E-state index contributed by atoms with van der Waals surface area (Å²) in [6.45, 7) is 1.94. The van der Waals surface area contributed by atoms with Gasteiger partial charge in [-0.25, -0.2) is 4.79 Å². The average Bonchev–Trinajstić information content (AvgIpc) is 2.69. The number of aliphatic hydroxyl groups is 1. The van der Waals surface area contributed by atoms with Crippen molar-refractivity contribution >= 4 is 5.97 Å². The van der Waals surface area contributed by atoms with Crippen LogP contribution in [0, 0.1) is 5.92 Å². The topological polar surface area (TPSA) is 49.8 Å². The van der Waals surface area contributed by atoms with Crippen LogP contribution in [0.4, 0.5) is 0 Å². The Balaban J connectivity index is 1.65. The predicted octanol–water partition coefficient (Wildman–Crippen LogP) is 2.91. The number of rotatable bonds is 4. The van der Waals surface area contributed by atoms with Crippen molar-refractivity contribution in [2.75, 3.05) is 13.1 Å². The van der Waals surface area contributed by atoms with Crippen LogP contribution >= 0.6 is 0 Å². The largest absolute Gasteiger partial charge is 0.444 e. The Morgan fingerprint density at radius 2 is 1.48 bits per heavy atom. The molecule has 4 heteroatoms. The van der Waals surface area contributed by atoms with E-state index in [-0.39, 0.29) is 6.23 Å². The van der Waals surface area contributed by atoms with Gasteiger partial charge < -0.3 is 9.84 Å². The molecule has 0 saturated carbocycles. The Kier molecular flexibility index (Phi) is 4.32. The van der Waals surface area contributed by atoms with E-state index in [4.69, 9.17) is 4.74 Å². The molecule has 3 aliphatic heterocycles. The van der Waals surface area contributed by atoms with Crippen LogP contribution in [0.15, 0.2) is 60.7 Å². The molecular weight excluding hydrogens is 314 g/mol. The molecule has 2 aromatic rings. The molecule has 1 atom stereocenters. The van der Waals surface area contributed by atoms with Crippen LogP contribution in [0.1, 0.15) is 30.4 Å². The van der Waals surface area contributed by atoms with E-state index in [0.29, 0.717) is 17.0 Å². The van der Waals surface area contributed by atoms with E-state index in [2.05, 4.69) is 4.90 Å². The lowest BCUT2D eigenvalue weighted by Crippen LogP contribution is -2.52. The number of hydrogen-bond donors (Lipinski definition) is 1. The van der Waals surface area contributed by atoms with Gasteiger partial charge in [0.05, 0.1) is 0 Å². The minimum atomic E-state index is -1.79. The summed E-state index contributed by atoms with van der Waals surface area (Å²) < 4.78 is 5.84. The summed E-state index contributed by atoms with van der Waals surface area (Å²) in [7, 11) is 0. The fourth-order valence-electron chi connectivity index (χ4n) is 4.00. The molecular formula is C21H23NO3. The maximum absolute atomic E-state index is 13.1. The SMILES string of the molecule is O=C(O[C@H]1CC2CCN1CC2)C(O)(c1ccccc1)c1ccccc1. The molecule has 3 fully saturated rings. The fourth-order valence-corrected chi connectivity index (χ4v) is 4.00. The van der Waals surface area contributed by atoms with Crippen LogP contribution in [-0.2, 0) is 15.1 Å². The van der Waals surface area contributed by atoms with Gasteiger partial charge in [0.15, 0.2) is 6.23 Å². The van der Waals surface area contributed by atoms with Crippen molar-refractivity contribution in [3.05, 3.63) is 71.8 Å². The second-order valence-electron chi connectivity index (χ2n) is 7.02. The molecule has 3 heterocycles. The van der Waals surface area contributed by atoms with Crippen LogP contribution in [0.5, 0.6) is 0 Å². The molecule has 1 N–H and O–H groups in total. The Morgan fingerprint density at radius 1 is 0.960 bits per heavy atom. The number of piperidine rings is 3. The summed E-state index contributed by atoms with van der Waals surface area (Å²) in [5, 5.41) is 11.4. The summed E-state index contributed by atoms with van der Waals surface area (Å²) in [6, 6.07) is 18.1. The molecule has 130 valence electrons. The number of fused-ring (bicyclic) bond motifs is 3. The molecule has 0 aliphatic carbocycles. The average molecular weight is 337 g/mol. The van der Waals surface area contributed by atoms with Gasteiger partial charge in [-0.2, -0.15) is 0 Å². The van der Waals surface area contributed by atoms with Gasteiger partial charge in [0.2, 0.25) is 5.60 Å². The minimum Gasteiger partial charge on any atom is -0.444 e. The summed E-state index contributed by atoms with van der Waals surface area (Å²) in [6.07, 6.45) is 3.00. The lowest BCUT2D eigenvalue weighted by molar-refractivity contribution is -0.187. The van der Waals surface area contributed by atoms with Crippen molar-refractivity contribution in [3.8, 4) is 0 Å².